The van der Waals surface area contributed by atoms with Crippen LogP contribution in [-0.4, -0.2) is 77.3 Å². The molecule has 1 aromatic heterocycles. The third-order valence-corrected chi connectivity index (χ3v) is 7.17. The van der Waals surface area contributed by atoms with Crippen molar-refractivity contribution < 1.29 is 40.3 Å². The van der Waals surface area contributed by atoms with Crippen molar-refractivity contribution in [2.75, 3.05) is 24.2 Å². The molecule has 0 aromatic carbocycles. The lowest BCUT2D eigenvalue weighted by molar-refractivity contribution is -0.167. The first-order valence-corrected chi connectivity index (χ1v) is 12.2. The number of hydrogen-bond acceptors (Lipinski definition) is 6. The van der Waals surface area contributed by atoms with E-state index in [1.54, 1.807) is 20.8 Å². The van der Waals surface area contributed by atoms with Gasteiger partial charge in [-0.25, -0.2) is 17.6 Å². The molecule has 2 aliphatic heterocycles. The van der Waals surface area contributed by atoms with E-state index in [0.717, 1.165) is 10.5 Å². The Morgan fingerprint density at radius 1 is 1.20 bits per heavy atom. The number of sulfonamides is 1. The monoisotopic (exact) mass is 520 g/mol. The number of aromatic nitrogens is 1. The fraction of sp³-hybridized carbons (Fsp3) is 0.571. The highest BCUT2D eigenvalue weighted by atomic mass is 32.2. The largest absolute Gasteiger partial charge is 0.471 e. The third kappa shape index (κ3) is 6.40. The number of hydrogen-bond donors (Lipinski definition) is 1. The molecular formula is C21H24F4N4O5S. The number of ether oxygens (including phenoxy) is 1. The van der Waals surface area contributed by atoms with Crippen LogP contribution in [-0.2, 0) is 19.6 Å². The van der Waals surface area contributed by atoms with Crippen LogP contribution in [0.3, 0.4) is 0 Å². The van der Waals surface area contributed by atoms with Crippen LogP contribution >= 0.6 is 0 Å². The first kappa shape index (κ1) is 26.7. The summed E-state index contributed by atoms with van der Waals surface area (Å²) < 4.78 is 84.5. The Morgan fingerprint density at radius 2 is 1.89 bits per heavy atom. The Labute approximate surface area is 199 Å². The molecule has 2 bridgehead atoms. The van der Waals surface area contributed by atoms with Gasteiger partial charge in [-0.05, 0) is 33.6 Å². The van der Waals surface area contributed by atoms with Gasteiger partial charge in [-0.3, -0.25) is 9.78 Å². The van der Waals surface area contributed by atoms with Crippen LogP contribution in [0.15, 0.2) is 12.4 Å². The number of nitrogens with one attached hydrogen (secondary N) is 1. The number of anilines is 1. The number of piperazine rings is 1. The average Bonchev–Trinajstić information content (AvgIpc) is 2.83. The zero-order valence-corrected chi connectivity index (χ0v) is 20.0. The van der Waals surface area contributed by atoms with Gasteiger partial charge in [-0.1, -0.05) is 11.8 Å². The Morgan fingerprint density at radius 3 is 2.51 bits per heavy atom. The van der Waals surface area contributed by atoms with E-state index in [0.29, 0.717) is 19.0 Å². The van der Waals surface area contributed by atoms with Crippen molar-refractivity contribution in [1.82, 2.24) is 14.2 Å². The van der Waals surface area contributed by atoms with E-state index in [2.05, 4.69) is 16.8 Å². The summed E-state index contributed by atoms with van der Waals surface area (Å²) >= 11 is 0. The summed E-state index contributed by atoms with van der Waals surface area (Å²) in [5.74, 6) is 1.27. The topological polar surface area (TPSA) is 109 Å². The number of carbonyl (C=O) groups excluding carboxylic acids is 2. The Kier molecular flexibility index (Phi) is 7.33. The van der Waals surface area contributed by atoms with Crippen LogP contribution < -0.4 is 5.32 Å². The molecule has 14 heteroatoms. The predicted molar refractivity (Wildman–Crippen MR) is 116 cm³/mol. The van der Waals surface area contributed by atoms with Crippen molar-refractivity contribution in [2.24, 2.45) is 0 Å². The predicted octanol–water partition coefficient (Wildman–Crippen LogP) is 2.49. The highest BCUT2D eigenvalue weighted by molar-refractivity contribution is 7.89. The summed E-state index contributed by atoms with van der Waals surface area (Å²) in [4.78, 5) is 28.9. The van der Waals surface area contributed by atoms with Gasteiger partial charge in [0.2, 0.25) is 10.0 Å². The maximum atomic E-state index is 14.4. The number of fused-ring (bicyclic) bond motifs is 2. The molecule has 2 fully saturated rings. The van der Waals surface area contributed by atoms with Crippen molar-refractivity contribution in [3.63, 3.8) is 0 Å². The van der Waals surface area contributed by atoms with Gasteiger partial charge in [0, 0.05) is 12.6 Å². The molecule has 2 aliphatic rings. The molecule has 0 aliphatic carbocycles. The molecule has 3 atom stereocenters. The normalized spacial score (nSPS) is 24.0. The van der Waals surface area contributed by atoms with Crippen LogP contribution in [0.4, 0.5) is 28.0 Å². The molecular weight excluding hydrogens is 496 g/mol. The van der Waals surface area contributed by atoms with Crippen LogP contribution in [0, 0.1) is 17.7 Å². The number of nitrogens with zero attached hydrogens (tertiary/aromatic N) is 3. The maximum Gasteiger partial charge on any atom is 0.471 e. The zero-order chi connectivity index (χ0) is 26.2. The first-order valence-electron chi connectivity index (χ1n) is 10.6. The SMILES string of the molecule is CC(C)(C)OC(=O)N1C[C@H](C#Cc2c(F)cncc2NC(=O)C(F)(F)F)N2C[C@H]1CCCS2(=O)=O. The molecule has 192 valence electrons. The van der Waals surface area contributed by atoms with Gasteiger partial charge in [0.05, 0.1) is 35.9 Å². The second-order valence-corrected chi connectivity index (χ2v) is 11.1. The van der Waals surface area contributed by atoms with Crippen molar-refractivity contribution in [3.05, 3.63) is 23.8 Å². The summed E-state index contributed by atoms with van der Waals surface area (Å²) in [5.41, 5.74) is -2.04. The second-order valence-electron chi connectivity index (χ2n) is 9.10. The van der Waals surface area contributed by atoms with Gasteiger partial charge >= 0.3 is 18.2 Å². The molecule has 0 radical (unpaired) electrons. The van der Waals surface area contributed by atoms with Crippen molar-refractivity contribution in [3.8, 4) is 11.8 Å². The molecule has 35 heavy (non-hydrogen) atoms. The molecule has 9 nitrogen and oxygen atoms in total. The summed E-state index contributed by atoms with van der Waals surface area (Å²) in [6.45, 7) is 4.79. The molecule has 2 saturated heterocycles. The van der Waals surface area contributed by atoms with Crippen LogP contribution in [0.25, 0.3) is 0 Å². The first-order chi connectivity index (χ1) is 16.1. The minimum Gasteiger partial charge on any atom is -0.444 e. The smallest absolute Gasteiger partial charge is 0.444 e. The maximum absolute atomic E-state index is 14.4. The van der Waals surface area contributed by atoms with Gasteiger partial charge in [-0.15, -0.1) is 0 Å². The summed E-state index contributed by atoms with van der Waals surface area (Å²) in [6.07, 6.45) is -3.69. The lowest BCUT2D eigenvalue weighted by atomic mass is 10.0. The highest BCUT2D eigenvalue weighted by Crippen LogP contribution is 2.28. The Balaban J connectivity index is 1.98. The summed E-state index contributed by atoms with van der Waals surface area (Å²) in [6, 6.07) is -1.58. The van der Waals surface area contributed by atoms with E-state index in [1.807, 2.05) is 0 Å². The molecule has 0 spiro atoms. The fourth-order valence-corrected chi connectivity index (χ4v) is 5.37. The van der Waals surface area contributed by atoms with Gasteiger partial charge < -0.3 is 15.0 Å². The van der Waals surface area contributed by atoms with Crippen LogP contribution in [0.5, 0.6) is 0 Å². The lowest BCUT2D eigenvalue weighted by Crippen LogP contribution is -2.60. The molecule has 1 N–H and O–H groups in total. The van der Waals surface area contributed by atoms with Gasteiger partial charge in [0.15, 0.2) is 5.82 Å². The number of alkyl halides is 3. The molecule has 0 saturated carbocycles. The number of halogens is 4. The minimum absolute atomic E-state index is 0.0581. The highest BCUT2D eigenvalue weighted by Gasteiger charge is 2.44. The molecule has 2 amide bonds. The summed E-state index contributed by atoms with van der Waals surface area (Å²) in [5, 5.41) is 1.52. The average molecular weight is 521 g/mol. The van der Waals surface area contributed by atoms with Crippen molar-refractivity contribution >= 4 is 27.7 Å². The molecule has 3 heterocycles. The standard InChI is InChI=1S/C21H24F4N4O5S/c1-20(2,3)34-19(31)28-11-14(29-12-13(28)5-4-8-35(29,32)33)6-7-15-16(22)9-26-10-17(15)27-18(30)21(23,24)25/h9-10,13-14H,4-5,8,11-12H2,1-3H3,(H,27,30)/t13-,14+/m1/s1. The number of carbonyl (C=O) groups is 2. The van der Waals surface area contributed by atoms with E-state index in [-0.39, 0.29) is 18.8 Å². The number of rotatable bonds is 1. The van der Waals surface area contributed by atoms with E-state index >= 15 is 0 Å². The Bertz CT molecular complexity index is 1170. The lowest BCUT2D eigenvalue weighted by Gasteiger charge is -2.42. The third-order valence-electron chi connectivity index (χ3n) is 5.24. The van der Waals surface area contributed by atoms with Gasteiger partial charge in [0.1, 0.15) is 11.6 Å². The second kappa shape index (κ2) is 9.62. The van der Waals surface area contributed by atoms with Gasteiger partial charge in [-0.2, -0.15) is 17.5 Å². The molecule has 1 aromatic rings. The molecule has 3 rings (SSSR count). The van der Waals surface area contributed by atoms with E-state index in [9.17, 15) is 35.6 Å². The van der Waals surface area contributed by atoms with E-state index < -0.39 is 63.0 Å². The molecule has 1 unspecified atom stereocenters. The minimum atomic E-state index is -5.23. The van der Waals surface area contributed by atoms with Crippen LogP contribution in [0.2, 0.25) is 0 Å². The number of pyridine rings is 1. The Hall–Kier alpha value is -2.92. The van der Waals surface area contributed by atoms with Gasteiger partial charge in [0.25, 0.3) is 0 Å². The van der Waals surface area contributed by atoms with E-state index in [1.165, 1.54) is 10.2 Å². The summed E-state index contributed by atoms with van der Waals surface area (Å²) in [7, 11) is -3.76. The number of amides is 2. The van der Waals surface area contributed by atoms with E-state index in [4.69, 9.17) is 4.74 Å². The zero-order valence-electron chi connectivity index (χ0n) is 19.1. The van der Waals surface area contributed by atoms with Crippen molar-refractivity contribution in [2.45, 2.75) is 57.5 Å². The quantitative estimate of drug-likeness (QED) is 0.450. The van der Waals surface area contributed by atoms with Crippen LogP contribution in [0.1, 0.15) is 39.2 Å². The van der Waals surface area contributed by atoms with Crippen molar-refractivity contribution in [1.29, 1.82) is 0 Å². The fourth-order valence-electron chi connectivity index (χ4n) is 3.70.